The largest absolute Gasteiger partial charge is 0.481 e. The molecule has 1 N–H and O–H groups in total. The Morgan fingerprint density at radius 1 is 1.29 bits per heavy atom. The van der Waals surface area contributed by atoms with Crippen LogP contribution < -0.4 is 0 Å². The molecule has 0 unspecified atom stereocenters. The fourth-order valence-electron chi connectivity index (χ4n) is 2.47. The highest BCUT2D eigenvalue weighted by Gasteiger charge is 2.28. The van der Waals surface area contributed by atoms with Crippen LogP contribution >= 0.6 is 0 Å². The highest BCUT2D eigenvalue weighted by atomic mass is 16.6. The van der Waals surface area contributed by atoms with Gasteiger partial charge in [0.05, 0.1) is 0 Å². The number of ether oxygens (including phenoxy) is 1. The summed E-state index contributed by atoms with van der Waals surface area (Å²) in [5.74, 6) is -0.741. The van der Waals surface area contributed by atoms with Crippen LogP contribution in [0.1, 0.15) is 46.5 Å². The van der Waals surface area contributed by atoms with Crippen LogP contribution in [-0.2, 0) is 9.53 Å². The van der Waals surface area contributed by atoms with Gasteiger partial charge in [0.25, 0.3) is 0 Å². The first-order valence-electron chi connectivity index (χ1n) is 7.59. The van der Waals surface area contributed by atoms with Crippen LogP contribution in [-0.4, -0.2) is 65.3 Å². The molecule has 0 aromatic rings. The van der Waals surface area contributed by atoms with Gasteiger partial charge in [0.2, 0.25) is 0 Å². The topological polar surface area (TPSA) is 70.1 Å². The molecule has 0 spiro atoms. The van der Waals surface area contributed by atoms with Crippen molar-refractivity contribution < 1.29 is 19.4 Å². The van der Waals surface area contributed by atoms with E-state index in [2.05, 4.69) is 4.90 Å². The minimum atomic E-state index is -0.741. The van der Waals surface area contributed by atoms with E-state index in [0.717, 1.165) is 32.5 Å². The lowest BCUT2D eigenvalue weighted by Gasteiger charge is -2.37. The van der Waals surface area contributed by atoms with Crippen LogP contribution in [0.25, 0.3) is 0 Å². The van der Waals surface area contributed by atoms with Crippen LogP contribution in [0, 0.1) is 0 Å². The van der Waals surface area contributed by atoms with E-state index in [9.17, 15) is 9.59 Å². The zero-order valence-corrected chi connectivity index (χ0v) is 13.6. The molecule has 6 heteroatoms. The Bertz CT molecular complexity index is 357. The second-order valence-electron chi connectivity index (χ2n) is 6.66. The predicted octanol–water partition coefficient (Wildman–Crippen LogP) is 2.18. The van der Waals surface area contributed by atoms with Crippen LogP contribution in [0.4, 0.5) is 4.79 Å². The van der Waals surface area contributed by atoms with Gasteiger partial charge in [-0.1, -0.05) is 0 Å². The SMILES string of the molecule is CN(C(=O)OC(C)(C)C)C1CCN(CCCC(=O)O)CC1. The molecule has 0 atom stereocenters. The van der Waals surface area contributed by atoms with Crippen LogP contribution in [0.5, 0.6) is 0 Å². The van der Waals surface area contributed by atoms with Gasteiger partial charge < -0.3 is 19.6 Å². The first-order valence-corrected chi connectivity index (χ1v) is 7.59. The molecule has 1 fully saturated rings. The van der Waals surface area contributed by atoms with Gasteiger partial charge >= 0.3 is 12.1 Å². The number of carboxylic acid groups (broad SMARTS) is 1. The molecular weight excluding hydrogens is 272 g/mol. The van der Waals surface area contributed by atoms with Crippen molar-refractivity contribution in [3.63, 3.8) is 0 Å². The first-order chi connectivity index (χ1) is 9.69. The van der Waals surface area contributed by atoms with E-state index in [0.29, 0.717) is 6.42 Å². The molecule has 6 nitrogen and oxygen atoms in total. The summed E-state index contributed by atoms with van der Waals surface area (Å²) in [5, 5.41) is 8.64. The van der Waals surface area contributed by atoms with Crippen LogP contribution in [0.2, 0.25) is 0 Å². The Labute approximate surface area is 127 Å². The number of carbonyl (C=O) groups excluding carboxylic acids is 1. The van der Waals surface area contributed by atoms with E-state index in [-0.39, 0.29) is 18.6 Å². The molecule has 0 radical (unpaired) electrons. The summed E-state index contributed by atoms with van der Waals surface area (Å²) >= 11 is 0. The third-order valence-electron chi connectivity index (χ3n) is 3.65. The van der Waals surface area contributed by atoms with E-state index in [1.54, 1.807) is 11.9 Å². The number of piperidine rings is 1. The second kappa shape index (κ2) is 7.64. The second-order valence-corrected chi connectivity index (χ2v) is 6.66. The molecule has 1 rings (SSSR count). The average molecular weight is 300 g/mol. The molecule has 1 aliphatic rings. The Morgan fingerprint density at radius 3 is 2.33 bits per heavy atom. The lowest BCUT2D eigenvalue weighted by atomic mass is 10.0. The van der Waals surface area contributed by atoms with Gasteiger partial charge in [-0.2, -0.15) is 0 Å². The summed E-state index contributed by atoms with van der Waals surface area (Å²) in [6.07, 6.45) is 2.44. The molecule has 122 valence electrons. The van der Waals surface area contributed by atoms with Gasteiger partial charge in [0.15, 0.2) is 0 Å². The monoisotopic (exact) mass is 300 g/mol. The summed E-state index contributed by atoms with van der Waals surface area (Å²) in [6.45, 7) is 8.21. The lowest BCUT2D eigenvalue weighted by Crippen LogP contribution is -2.47. The molecule has 0 aliphatic carbocycles. The van der Waals surface area contributed by atoms with E-state index in [4.69, 9.17) is 9.84 Å². The number of hydrogen-bond acceptors (Lipinski definition) is 4. The Hall–Kier alpha value is -1.30. The van der Waals surface area contributed by atoms with Gasteiger partial charge in [-0.05, 0) is 46.6 Å². The molecule has 1 saturated heterocycles. The minimum Gasteiger partial charge on any atom is -0.481 e. The van der Waals surface area contributed by atoms with E-state index < -0.39 is 11.6 Å². The fraction of sp³-hybridized carbons (Fsp3) is 0.867. The maximum atomic E-state index is 12.0. The Morgan fingerprint density at radius 2 is 1.86 bits per heavy atom. The molecule has 1 heterocycles. The molecular formula is C15H28N2O4. The van der Waals surface area contributed by atoms with Crippen molar-refractivity contribution in [2.75, 3.05) is 26.7 Å². The number of nitrogens with zero attached hydrogens (tertiary/aromatic N) is 2. The number of rotatable bonds is 5. The smallest absolute Gasteiger partial charge is 0.410 e. The number of hydrogen-bond donors (Lipinski definition) is 1. The summed E-state index contributed by atoms with van der Waals surface area (Å²) in [6, 6.07) is 0.204. The summed E-state index contributed by atoms with van der Waals surface area (Å²) < 4.78 is 5.38. The lowest BCUT2D eigenvalue weighted by molar-refractivity contribution is -0.137. The fourth-order valence-corrected chi connectivity index (χ4v) is 2.47. The van der Waals surface area contributed by atoms with E-state index >= 15 is 0 Å². The maximum Gasteiger partial charge on any atom is 0.410 e. The van der Waals surface area contributed by atoms with Gasteiger partial charge in [-0.15, -0.1) is 0 Å². The molecule has 0 saturated carbocycles. The molecule has 0 aromatic heterocycles. The number of carbonyl (C=O) groups is 2. The predicted molar refractivity (Wildman–Crippen MR) is 80.3 cm³/mol. The quantitative estimate of drug-likeness (QED) is 0.842. The van der Waals surface area contributed by atoms with E-state index in [1.165, 1.54) is 0 Å². The van der Waals surface area contributed by atoms with Gasteiger partial charge in [-0.25, -0.2) is 4.79 Å². The first kappa shape index (κ1) is 17.8. The van der Waals surface area contributed by atoms with Gasteiger partial charge in [-0.3, -0.25) is 4.79 Å². The average Bonchev–Trinajstić information content (AvgIpc) is 2.36. The number of likely N-dealkylation sites (tertiary alicyclic amines) is 1. The third-order valence-corrected chi connectivity index (χ3v) is 3.65. The highest BCUT2D eigenvalue weighted by Crippen LogP contribution is 2.18. The van der Waals surface area contributed by atoms with Crippen molar-refractivity contribution in [2.45, 2.75) is 58.1 Å². The van der Waals surface area contributed by atoms with E-state index in [1.807, 2.05) is 20.8 Å². The zero-order valence-electron chi connectivity index (χ0n) is 13.6. The summed E-state index contributed by atoms with van der Waals surface area (Å²) in [5.41, 5.74) is -0.469. The third kappa shape index (κ3) is 6.80. The minimum absolute atomic E-state index is 0.204. The maximum absolute atomic E-state index is 12.0. The Balaban J connectivity index is 2.31. The van der Waals surface area contributed by atoms with Crippen molar-refractivity contribution in [1.29, 1.82) is 0 Å². The molecule has 0 bridgehead atoms. The van der Waals surface area contributed by atoms with Crippen molar-refractivity contribution in [3.05, 3.63) is 0 Å². The number of carboxylic acids is 1. The van der Waals surface area contributed by atoms with Gasteiger partial charge in [0.1, 0.15) is 5.60 Å². The van der Waals surface area contributed by atoms with Gasteiger partial charge in [0, 0.05) is 32.6 Å². The normalized spacial score (nSPS) is 17.5. The van der Waals surface area contributed by atoms with Crippen molar-refractivity contribution in [3.8, 4) is 0 Å². The van der Waals surface area contributed by atoms with Crippen molar-refractivity contribution in [1.82, 2.24) is 9.80 Å². The molecule has 0 aromatic carbocycles. The van der Waals surface area contributed by atoms with Crippen molar-refractivity contribution >= 4 is 12.1 Å². The summed E-state index contributed by atoms with van der Waals surface area (Å²) in [4.78, 5) is 26.5. The highest BCUT2D eigenvalue weighted by molar-refractivity contribution is 5.68. The zero-order chi connectivity index (χ0) is 16.0. The standard InChI is InChI=1S/C15H28N2O4/c1-15(2,3)21-14(20)16(4)12-7-10-17(11-8-12)9-5-6-13(18)19/h12H,5-11H2,1-4H3,(H,18,19). The molecule has 1 amide bonds. The molecule has 21 heavy (non-hydrogen) atoms. The number of aliphatic carboxylic acids is 1. The van der Waals surface area contributed by atoms with Crippen molar-refractivity contribution in [2.24, 2.45) is 0 Å². The van der Waals surface area contributed by atoms with Crippen LogP contribution in [0.3, 0.4) is 0 Å². The molecule has 1 aliphatic heterocycles. The Kier molecular flexibility index (Phi) is 6.45. The van der Waals surface area contributed by atoms with Crippen LogP contribution in [0.15, 0.2) is 0 Å². The summed E-state index contributed by atoms with van der Waals surface area (Å²) in [7, 11) is 1.79. The number of amides is 1.